The molecule has 0 aromatic carbocycles. The normalized spacial score (nSPS) is 11.3. The summed E-state index contributed by atoms with van der Waals surface area (Å²) in [5.41, 5.74) is 0.396. The summed E-state index contributed by atoms with van der Waals surface area (Å²) in [6, 6.07) is 4.80. The third-order valence-electron chi connectivity index (χ3n) is 2.53. The van der Waals surface area contributed by atoms with Gasteiger partial charge in [0, 0.05) is 17.5 Å². The monoisotopic (exact) mass is 313 g/mol. The summed E-state index contributed by atoms with van der Waals surface area (Å²) < 4.78 is 32.1. The molecule has 2 N–H and O–H groups in total. The molecule has 8 heteroatoms. The Morgan fingerprint density at radius 2 is 2.15 bits per heavy atom. The van der Waals surface area contributed by atoms with E-state index in [9.17, 15) is 8.42 Å². The molecule has 0 fully saturated rings. The number of anilines is 1. The zero-order valence-corrected chi connectivity index (χ0v) is 12.7. The van der Waals surface area contributed by atoms with Crippen molar-refractivity contribution in [1.29, 1.82) is 0 Å². The molecule has 0 aliphatic carbocycles. The number of ether oxygens (including phenoxy) is 1. The van der Waals surface area contributed by atoms with Crippen molar-refractivity contribution in [2.75, 3.05) is 18.9 Å². The topological polar surface area (TPSA) is 80.3 Å². The molecule has 0 bridgehead atoms. The fourth-order valence-corrected chi connectivity index (χ4v) is 4.13. The highest BCUT2D eigenvalue weighted by molar-refractivity contribution is 7.93. The first-order valence-electron chi connectivity index (χ1n) is 5.80. The minimum absolute atomic E-state index is 0.285. The van der Waals surface area contributed by atoms with E-state index >= 15 is 0 Å². The number of nitrogens with zero attached hydrogens (tertiary/aromatic N) is 1. The summed E-state index contributed by atoms with van der Waals surface area (Å²) in [5, 5.41) is 4.71. The maximum atomic E-state index is 12.3. The molecule has 0 spiro atoms. The number of rotatable bonds is 6. The van der Waals surface area contributed by atoms with Crippen LogP contribution in [0.25, 0.3) is 0 Å². The number of pyridine rings is 1. The van der Waals surface area contributed by atoms with E-state index in [1.165, 1.54) is 24.6 Å². The number of aromatic nitrogens is 1. The molecular formula is C12H15N3O3S2. The lowest BCUT2D eigenvalue weighted by atomic mass is 10.4. The average Bonchev–Trinajstić information content (AvgIpc) is 2.89. The lowest BCUT2D eigenvalue weighted by Crippen LogP contribution is -2.15. The van der Waals surface area contributed by atoms with Gasteiger partial charge >= 0.3 is 0 Å². The average molecular weight is 313 g/mol. The second-order valence-electron chi connectivity index (χ2n) is 3.93. The first kappa shape index (κ1) is 14.8. The van der Waals surface area contributed by atoms with E-state index in [2.05, 4.69) is 15.0 Å². The van der Waals surface area contributed by atoms with Crippen molar-refractivity contribution in [1.82, 2.24) is 10.3 Å². The van der Waals surface area contributed by atoms with Crippen molar-refractivity contribution in [3.8, 4) is 5.88 Å². The maximum absolute atomic E-state index is 12.3. The van der Waals surface area contributed by atoms with Gasteiger partial charge in [0.05, 0.1) is 19.0 Å². The number of methoxy groups -OCH3 is 1. The smallest absolute Gasteiger partial charge is 0.263 e. The van der Waals surface area contributed by atoms with Crippen LogP contribution in [0.4, 0.5) is 5.69 Å². The number of hydrogen-bond acceptors (Lipinski definition) is 6. The summed E-state index contributed by atoms with van der Waals surface area (Å²) in [4.78, 5) is 5.01. The molecule has 0 atom stereocenters. The Balaban J connectivity index is 2.23. The summed E-state index contributed by atoms with van der Waals surface area (Å²) in [5.74, 6) is 0.430. The van der Waals surface area contributed by atoms with Crippen LogP contribution in [-0.4, -0.2) is 27.6 Å². The summed E-state index contributed by atoms with van der Waals surface area (Å²) in [7, 11) is -0.327. The zero-order chi connectivity index (χ0) is 14.6. The summed E-state index contributed by atoms with van der Waals surface area (Å²) >= 11 is 1.40. The van der Waals surface area contributed by atoms with Gasteiger partial charge in [-0.2, -0.15) is 0 Å². The third-order valence-corrected chi connectivity index (χ3v) is 5.05. The first-order valence-corrected chi connectivity index (χ1v) is 8.17. The van der Waals surface area contributed by atoms with Crippen LogP contribution in [-0.2, 0) is 16.6 Å². The molecule has 0 aliphatic heterocycles. The quantitative estimate of drug-likeness (QED) is 0.848. The Labute approximate surface area is 121 Å². The lowest BCUT2D eigenvalue weighted by molar-refractivity contribution is 0.398. The van der Waals surface area contributed by atoms with Crippen LogP contribution in [0, 0.1) is 0 Å². The van der Waals surface area contributed by atoms with Gasteiger partial charge in [0.2, 0.25) is 5.88 Å². The molecule has 0 saturated carbocycles. The zero-order valence-electron chi connectivity index (χ0n) is 11.1. The number of nitrogens with one attached hydrogen (secondary N) is 2. The molecule has 2 rings (SSSR count). The van der Waals surface area contributed by atoms with Crippen LogP contribution >= 0.6 is 11.3 Å². The maximum Gasteiger partial charge on any atom is 0.263 e. The van der Waals surface area contributed by atoms with Crippen molar-refractivity contribution in [3.63, 3.8) is 0 Å². The van der Waals surface area contributed by atoms with Crippen molar-refractivity contribution in [2.45, 2.75) is 11.4 Å². The number of hydrogen-bond donors (Lipinski definition) is 2. The Kier molecular flexibility index (Phi) is 4.58. The van der Waals surface area contributed by atoms with Crippen LogP contribution < -0.4 is 14.8 Å². The van der Waals surface area contributed by atoms with Gasteiger partial charge in [-0.1, -0.05) is 0 Å². The highest BCUT2D eigenvalue weighted by Crippen LogP contribution is 2.24. The highest BCUT2D eigenvalue weighted by atomic mass is 32.2. The molecule has 0 saturated heterocycles. The molecule has 0 radical (unpaired) electrons. The standard InChI is InChI=1S/C12H15N3O3S2/c1-13-8-10-11(5-6-19-10)20(16,17)15-9-3-4-12(18-2)14-7-9/h3-7,13,15H,8H2,1-2H3. The molecule has 0 unspecified atom stereocenters. The second kappa shape index (κ2) is 6.21. The van der Waals surface area contributed by atoms with Gasteiger partial charge in [0.15, 0.2) is 0 Å². The first-order chi connectivity index (χ1) is 9.56. The minimum atomic E-state index is -3.60. The number of sulfonamides is 1. The molecule has 2 aromatic heterocycles. The van der Waals surface area contributed by atoms with Crippen molar-refractivity contribution < 1.29 is 13.2 Å². The fraction of sp³-hybridized carbons (Fsp3) is 0.250. The summed E-state index contributed by atoms with van der Waals surface area (Å²) in [6.45, 7) is 0.509. The van der Waals surface area contributed by atoms with E-state index in [1.807, 2.05) is 0 Å². The van der Waals surface area contributed by atoms with Gasteiger partial charge in [-0.3, -0.25) is 4.72 Å². The van der Waals surface area contributed by atoms with E-state index in [4.69, 9.17) is 4.74 Å². The van der Waals surface area contributed by atoms with E-state index in [1.54, 1.807) is 30.6 Å². The van der Waals surface area contributed by atoms with Gasteiger partial charge in [-0.25, -0.2) is 13.4 Å². The van der Waals surface area contributed by atoms with Crippen molar-refractivity contribution in [3.05, 3.63) is 34.7 Å². The fourth-order valence-electron chi connectivity index (χ4n) is 1.63. The molecular weight excluding hydrogens is 298 g/mol. The predicted molar refractivity (Wildman–Crippen MR) is 78.7 cm³/mol. The van der Waals surface area contributed by atoms with Gasteiger partial charge in [-0.05, 0) is 24.6 Å². The van der Waals surface area contributed by atoms with Crippen LogP contribution in [0.15, 0.2) is 34.7 Å². The molecule has 0 amide bonds. The molecule has 0 aliphatic rings. The lowest BCUT2D eigenvalue weighted by Gasteiger charge is -2.09. The Morgan fingerprint density at radius 1 is 1.35 bits per heavy atom. The molecule has 2 heterocycles. The van der Waals surface area contributed by atoms with Crippen molar-refractivity contribution >= 4 is 27.0 Å². The van der Waals surface area contributed by atoms with Gasteiger partial charge in [0.25, 0.3) is 10.0 Å². The Hall–Kier alpha value is -1.64. The molecule has 6 nitrogen and oxygen atoms in total. The van der Waals surface area contributed by atoms with Crippen molar-refractivity contribution in [2.24, 2.45) is 0 Å². The van der Waals surface area contributed by atoms with E-state index in [-0.39, 0.29) is 4.90 Å². The minimum Gasteiger partial charge on any atom is -0.481 e. The van der Waals surface area contributed by atoms with Crippen LogP contribution in [0.5, 0.6) is 5.88 Å². The second-order valence-corrected chi connectivity index (χ2v) is 6.58. The van der Waals surface area contributed by atoms with Gasteiger partial charge < -0.3 is 10.1 Å². The SMILES string of the molecule is CNCc1sccc1S(=O)(=O)Nc1ccc(OC)nc1. The van der Waals surface area contributed by atoms with Gasteiger partial charge in [0.1, 0.15) is 4.90 Å². The summed E-state index contributed by atoms with van der Waals surface area (Å²) in [6.07, 6.45) is 1.42. The van der Waals surface area contributed by atoms with Gasteiger partial charge in [-0.15, -0.1) is 11.3 Å². The van der Waals surface area contributed by atoms with Crippen LogP contribution in [0.2, 0.25) is 0 Å². The molecule has 108 valence electrons. The third kappa shape index (κ3) is 3.27. The van der Waals surface area contributed by atoms with E-state index in [0.717, 1.165) is 4.88 Å². The van der Waals surface area contributed by atoms with E-state index < -0.39 is 10.0 Å². The Bertz CT molecular complexity index is 666. The molecule has 20 heavy (non-hydrogen) atoms. The Morgan fingerprint density at radius 3 is 2.75 bits per heavy atom. The van der Waals surface area contributed by atoms with E-state index in [0.29, 0.717) is 18.1 Å². The highest BCUT2D eigenvalue weighted by Gasteiger charge is 2.19. The number of thiophene rings is 1. The molecule has 2 aromatic rings. The predicted octanol–water partition coefficient (Wildman–Crippen LogP) is 1.67. The van der Waals surface area contributed by atoms with Crippen LogP contribution in [0.3, 0.4) is 0 Å². The largest absolute Gasteiger partial charge is 0.481 e. The van der Waals surface area contributed by atoms with Crippen LogP contribution in [0.1, 0.15) is 4.88 Å².